The van der Waals surface area contributed by atoms with Crippen LogP contribution >= 0.6 is 0 Å². The zero-order valence-corrected chi connectivity index (χ0v) is 11.6. The Balaban J connectivity index is 1.97. The van der Waals surface area contributed by atoms with Gasteiger partial charge in [0.2, 0.25) is 0 Å². The van der Waals surface area contributed by atoms with Crippen molar-refractivity contribution in [3.63, 3.8) is 0 Å². The molecule has 106 valence electrons. The Hall–Kier alpha value is -2.78. The zero-order valence-electron chi connectivity index (χ0n) is 11.6. The summed E-state index contributed by atoms with van der Waals surface area (Å²) in [7, 11) is 0. The normalized spacial score (nSPS) is 9.62. The van der Waals surface area contributed by atoms with Crippen molar-refractivity contribution in [2.75, 3.05) is 6.54 Å². The van der Waals surface area contributed by atoms with E-state index in [4.69, 9.17) is 5.73 Å². The molecule has 0 saturated carbocycles. The van der Waals surface area contributed by atoms with Crippen molar-refractivity contribution in [1.82, 2.24) is 20.3 Å². The van der Waals surface area contributed by atoms with Gasteiger partial charge in [-0.2, -0.15) is 0 Å². The van der Waals surface area contributed by atoms with E-state index in [1.54, 1.807) is 37.5 Å². The number of pyridine rings is 1. The molecule has 0 saturated heterocycles. The second kappa shape index (κ2) is 7.12. The fraction of sp³-hybridized carbons (Fsp3) is 0.200. The van der Waals surface area contributed by atoms with Gasteiger partial charge in [-0.15, -0.1) is 0 Å². The Morgan fingerprint density at radius 1 is 1.33 bits per heavy atom. The third-order valence-electron chi connectivity index (χ3n) is 2.59. The first-order valence-electron chi connectivity index (χ1n) is 6.41. The third kappa shape index (κ3) is 4.37. The van der Waals surface area contributed by atoms with Gasteiger partial charge in [-0.3, -0.25) is 4.79 Å². The van der Waals surface area contributed by atoms with Crippen LogP contribution in [0.5, 0.6) is 0 Å². The fourth-order valence-electron chi connectivity index (χ4n) is 1.62. The predicted molar refractivity (Wildman–Crippen MR) is 78.1 cm³/mol. The number of carbonyl (C=O) groups excluding carboxylic acids is 1. The van der Waals surface area contributed by atoms with Crippen molar-refractivity contribution in [3.05, 3.63) is 53.4 Å². The van der Waals surface area contributed by atoms with E-state index >= 15 is 0 Å². The quantitative estimate of drug-likeness (QED) is 0.795. The SMILES string of the molecule is Cc1nccc(CNC(=O)c2ccc(C#CCN)cn2)n1. The minimum absolute atomic E-state index is 0.260. The average molecular weight is 281 g/mol. The number of nitrogens with zero attached hydrogens (tertiary/aromatic N) is 3. The Bertz CT molecular complexity index is 685. The van der Waals surface area contributed by atoms with Crippen molar-refractivity contribution >= 4 is 5.91 Å². The second-order valence-corrected chi connectivity index (χ2v) is 4.22. The highest BCUT2D eigenvalue weighted by molar-refractivity contribution is 5.92. The number of nitrogens with two attached hydrogens (primary N) is 1. The van der Waals surface area contributed by atoms with E-state index in [1.165, 1.54) is 0 Å². The van der Waals surface area contributed by atoms with Crippen LogP contribution in [0, 0.1) is 18.8 Å². The second-order valence-electron chi connectivity index (χ2n) is 4.22. The first-order chi connectivity index (χ1) is 10.2. The van der Waals surface area contributed by atoms with Crippen LogP contribution in [0.3, 0.4) is 0 Å². The molecule has 21 heavy (non-hydrogen) atoms. The van der Waals surface area contributed by atoms with Gasteiger partial charge in [0.25, 0.3) is 5.91 Å². The highest BCUT2D eigenvalue weighted by atomic mass is 16.1. The number of aromatic nitrogens is 3. The lowest BCUT2D eigenvalue weighted by Crippen LogP contribution is -2.24. The number of aryl methyl sites for hydroxylation is 1. The van der Waals surface area contributed by atoms with E-state index in [-0.39, 0.29) is 5.91 Å². The topological polar surface area (TPSA) is 93.8 Å². The maximum atomic E-state index is 12.0. The summed E-state index contributed by atoms with van der Waals surface area (Å²) in [5.74, 6) is 5.99. The van der Waals surface area contributed by atoms with Gasteiger partial charge < -0.3 is 11.1 Å². The minimum atomic E-state index is -0.260. The molecule has 2 rings (SSSR count). The van der Waals surface area contributed by atoms with Crippen molar-refractivity contribution in [3.8, 4) is 11.8 Å². The molecule has 0 radical (unpaired) electrons. The molecule has 6 nitrogen and oxygen atoms in total. The average Bonchev–Trinajstić information content (AvgIpc) is 2.51. The monoisotopic (exact) mass is 281 g/mol. The summed E-state index contributed by atoms with van der Waals surface area (Å²) in [6.45, 7) is 2.42. The van der Waals surface area contributed by atoms with Crippen molar-refractivity contribution < 1.29 is 4.79 Å². The minimum Gasteiger partial charge on any atom is -0.345 e. The smallest absolute Gasteiger partial charge is 0.270 e. The maximum absolute atomic E-state index is 12.0. The van der Waals surface area contributed by atoms with Crippen LogP contribution in [0.1, 0.15) is 27.6 Å². The van der Waals surface area contributed by atoms with E-state index < -0.39 is 0 Å². The largest absolute Gasteiger partial charge is 0.345 e. The van der Waals surface area contributed by atoms with Crippen LogP contribution in [0.2, 0.25) is 0 Å². The van der Waals surface area contributed by atoms with Gasteiger partial charge in [-0.05, 0) is 25.1 Å². The summed E-state index contributed by atoms with van der Waals surface area (Å²) in [6.07, 6.45) is 3.21. The molecule has 0 aliphatic rings. The molecular formula is C15H15N5O. The van der Waals surface area contributed by atoms with Gasteiger partial charge in [0, 0.05) is 18.0 Å². The molecule has 0 unspecified atom stereocenters. The third-order valence-corrected chi connectivity index (χ3v) is 2.59. The number of hydrogen-bond donors (Lipinski definition) is 2. The standard InChI is InChI=1S/C15H15N5O/c1-11-17-8-6-13(20-11)10-19-15(21)14-5-4-12(9-18-14)3-2-7-16/h4-6,8-9H,7,10,16H2,1H3,(H,19,21). The zero-order chi connectivity index (χ0) is 15.1. The van der Waals surface area contributed by atoms with E-state index in [2.05, 4.69) is 32.1 Å². The highest BCUT2D eigenvalue weighted by Gasteiger charge is 2.07. The van der Waals surface area contributed by atoms with Gasteiger partial charge in [-0.25, -0.2) is 15.0 Å². The Morgan fingerprint density at radius 3 is 2.86 bits per heavy atom. The Labute approximate surface area is 122 Å². The van der Waals surface area contributed by atoms with E-state index in [0.29, 0.717) is 24.6 Å². The Kier molecular flexibility index (Phi) is 4.96. The van der Waals surface area contributed by atoms with Crippen LogP contribution in [-0.2, 0) is 6.54 Å². The van der Waals surface area contributed by atoms with Crippen molar-refractivity contribution in [1.29, 1.82) is 0 Å². The fourth-order valence-corrected chi connectivity index (χ4v) is 1.62. The summed E-state index contributed by atoms with van der Waals surface area (Å²) in [6, 6.07) is 5.12. The predicted octanol–water partition coefficient (Wildman–Crippen LogP) is 0.420. The molecule has 0 bridgehead atoms. The highest BCUT2D eigenvalue weighted by Crippen LogP contribution is 2.00. The molecule has 2 aromatic rings. The molecule has 3 N–H and O–H groups in total. The van der Waals surface area contributed by atoms with Gasteiger partial charge in [-0.1, -0.05) is 11.8 Å². The van der Waals surface area contributed by atoms with Crippen LogP contribution in [-0.4, -0.2) is 27.4 Å². The van der Waals surface area contributed by atoms with Gasteiger partial charge in [0.15, 0.2) is 0 Å². The van der Waals surface area contributed by atoms with Crippen LogP contribution < -0.4 is 11.1 Å². The molecule has 2 heterocycles. The van der Waals surface area contributed by atoms with E-state index in [9.17, 15) is 4.79 Å². The lowest BCUT2D eigenvalue weighted by molar-refractivity contribution is 0.0945. The molecule has 6 heteroatoms. The summed E-state index contributed by atoms with van der Waals surface area (Å²) in [5, 5.41) is 2.76. The molecular weight excluding hydrogens is 266 g/mol. The van der Waals surface area contributed by atoms with Gasteiger partial charge in [0.05, 0.1) is 18.8 Å². The molecule has 0 aromatic carbocycles. The molecule has 1 amide bonds. The molecule has 0 spiro atoms. The summed E-state index contributed by atoms with van der Waals surface area (Å²) < 4.78 is 0. The van der Waals surface area contributed by atoms with Crippen LogP contribution in [0.4, 0.5) is 0 Å². The molecule has 0 fully saturated rings. The Morgan fingerprint density at radius 2 is 2.19 bits per heavy atom. The number of amides is 1. The van der Waals surface area contributed by atoms with E-state index in [0.717, 1.165) is 11.3 Å². The lowest BCUT2D eigenvalue weighted by atomic mass is 10.2. The van der Waals surface area contributed by atoms with Crippen LogP contribution in [0.25, 0.3) is 0 Å². The van der Waals surface area contributed by atoms with Crippen LogP contribution in [0.15, 0.2) is 30.6 Å². The van der Waals surface area contributed by atoms with Gasteiger partial charge >= 0.3 is 0 Å². The first kappa shape index (κ1) is 14.6. The lowest BCUT2D eigenvalue weighted by Gasteiger charge is -2.04. The first-order valence-corrected chi connectivity index (χ1v) is 6.41. The maximum Gasteiger partial charge on any atom is 0.270 e. The molecule has 0 aliphatic heterocycles. The summed E-state index contributed by atoms with van der Waals surface area (Å²) in [5.41, 5.74) is 7.10. The number of hydrogen-bond acceptors (Lipinski definition) is 5. The number of carbonyl (C=O) groups is 1. The summed E-state index contributed by atoms with van der Waals surface area (Å²) in [4.78, 5) is 24.2. The summed E-state index contributed by atoms with van der Waals surface area (Å²) >= 11 is 0. The number of rotatable bonds is 3. The molecule has 0 aliphatic carbocycles. The molecule has 2 aromatic heterocycles. The van der Waals surface area contributed by atoms with Crippen molar-refractivity contribution in [2.24, 2.45) is 5.73 Å². The van der Waals surface area contributed by atoms with Crippen molar-refractivity contribution in [2.45, 2.75) is 13.5 Å². The number of nitrogens with one attached hydrogen (secondary N) is 1. The molecule has 0 atom stereocenters. The van der Waals surface area contributed by atoms with E-state index in [1.807, 2.05) is 0 Å². The van der Waals surface area contributed by atoms with Gasteiger partial charge in [0.1, 0.15) is 11.5 Å².